The van der Waals surface area contributed by atoms with E-state index in [0.29, 0.717) is 5.92 Å². The summed E-state index contributed by atoms with van der Waals surface area (Å²) < 4.78 is 0. The third kappa shape index (κ3) is 3.02. The molecule has 66 valence electrons. The molecule has 0 saturated heterocycles. The largest absolute Gasteiger partial charge is 0.321 e. The van der Waals surface area contributed by atoms with Gasteiger partial charge in [-0.05, 0) is 5.92 Å². The molecule has 0 heterocycles. The molecule has 2 unspecified atom stereocenters. The number of carbonyl (C=O) groups is 1. The van der Waals surface area contributed by atoms with Crippen molar-refractivity contribution in [3.63, 3.8) is 0 Å². The maximum absolute atomic E-state index is 11.3. The van der Waals surface area contributed by atoms with Crippen LogP contribution in [0.4, 0.5) is 0 Å². The van der Waals surface area contributed by atoms with Gasteiger partial charge in [-0.25, -0.2) is 0 Å². The van der Waals surface area contributed by atoms with E-state index in [9.17, 15) is 4.79 Å². The quantitative estimate of drug-likeness (QED) is 0.673. The van der Waals surface area contributed by atoms with Crippen LogP contribution in [-0.4, -0.2) is 11.8 Å². The third-order valence-electron chi connectivity index (χ3n) is 2.15. The van der Waals surface area contributed by atoms with Crippen LogP contribution >= 0.6 is 0 Å². The van der Waals surface area contributed by atoms with E-state index in [1.807, 2.05) is 20.8 Å². The minimum atomic E-state index is -0.264. The third-order valence-corrected chi connectivity index (χ3v) is 2.15. The van der Waals surface area contributed by atoms with Crippen molar-refractivity contribution in [3.8, 4) is 0 Å². The molecule has 2 heteroatoms. The van der Waals surface area contributed by atoms with E-state index in [4.69, 9.17) is 5.73 Å². The van der Waals surface area contributed by atoms with Gasteiger partial charge in [0.05, 0.1) is 6.04 Å². The normalized spacial score (nSPS) is 16.5. The van der Waals surface area contributed by atoms with E-state index < -0.39 is 0 Å². The summed E-state index contributed by atoms with van der Waals surface area (Å²) in [6.45, 7) is 7.86. The smallest absolute Gasteiger partial charge is 0.152 e. The number of carbonyl (C=O) groups excluding carboxylic acids is 1. The van der Waals surface area contributed by atoms with E-state index in [1.165, 1.54) is 0 Å². The molecular weight excluding hydrogens is 138 g/mol. The van der Waals surface area contributed by atoms with Crippen LogP contribution in [0.5, 0.6) is 0 Å². The molecule has 0 bridgehead atoms. The predicted molar refractivity (Wildman–Crippen MR) is 47.3 cm³/mol. The van der Waals surface area contributed by atoms with E-state index in [2.05, 4.69) is 6.92 Å². The van der Waals surface area contributed by atoms with Crippen molar-refractivity contribution in [3.05, 3.63) is 0 Å². The first-order valence-corrected chi connectivity index (χ1v) is 4.30. The Morgan fingerprint density at radius 1 is 1.36 bits per heavy atom. The average Bonchev–Trinajstić information content (AvgIpc) is 2.00. The summed E-state index contributed by atoms with van der Waals surface area (Å²) in [5.41, 5.74) is 5.72. The number of Topliss-reactive ketones (excluding diaryl/α,β-unsaturated/α-hetero) is 1. The fraction of sp³-hybridized carbons (Fsp3) is 0.889. The molecule has 0 rings (SSSR count). The van der Waals surface area contributed by atoms with Crippen LogP contribution in [0.3, 0.4) is 0 Å². The zero-order chi connectivity index (χ0) is 9.02. The van der Waals surface area contributed by atoms with Gasteiger partial charge in [0, 0.05) is 5.92 Å². The first-order valence-electron chi connectivity index (χ1n) is 4.30. The SMILES string of the molecule is CCC(C)C(N)C(=O)C(C)C. The molecule has 0 saturated carbocycles. The summed E-state index contributed by atoms with van der Waals surface area (Å²) in [5.74, 6) is 0.559. The Bertz CT molecular complexity index is 132. The zero-order valence-electron chi connectivity index (χ0n) is 7.92. The Hall–Kier alpha value is -0.370. The molecule has 0 fully saturated rings. The summed E-state index contributed by atoms with van der Waals surface area (Å²) in [5, 5.41) is 0. The molecule has 0 radical (unpaired) electrons. The highest BCUT2D eigenvalue weighted by molar-refractivity contribution is 5.85. The van der Waals surface area contributed by atoms with Crippen molar-refractivity contribution in [1.82, 2.24) is 0 Å². The van der Waals surface area contributed by atoms with Crippen molar-refractivity contribution in [2.24, 2.45) is 17.6 Å². The molecule has 0 aliphatic rings. The minimum Gasteiger partial charge on any atom is -0.321 e. The van der Waals surface area contributed by atoms with Gasteiger partial charge >= 0.3 is 0 Å². The van der Waals surface area contributed by atoms with Crippen LogP contribution in [0.1, 0.15) is 34.1 Å². The maximum atomic E-state index is 11.3. The first kappa shape index (κ1) is 10.6. The molecule has 11 heavy (non-hydrogen) atoms. The van der Waals surface area contributed by atoms with Gasteiger partial charge in [-0.15, -0.1) is 0 Å². The lowest BCUT2D eigenvalue weighted by molar-refractivity contribution is -0.124. The molecule has 0 spiro atoms. The topological polar surface area (TPSA) is 43.1 Å². The summed E-state index contributed by atoms with van der Waals surface area (Å²) in [6.07, 6.45) is 0.972. The lowest BCUT2D eigenvalue weighted by atomic mass is 9.91. The zero-order valence-corrected chi connectivity index (χ0v) is 7.92. The molecule has 2 atom stereocenters. The predicted octanol–water partition coefficient (Wildman–Crippen LogP) is 1.58. The van der Waals surface area contributed by atoms with Gasteiger partial charge in [0.1, 0.15) is 0 Å². The van der Waals surface area contributed by atoms with Gasteiger partial charge in [-0.2, -0.15) is 0 Å². The van der Waals surface area contributed by atoms with Gasteiger partial charge in [0.15, 0.2) is 5.78 Å². The van der Waals surface area contributed by atoms with E-state index >= 15 is 0 Å². The minimum absolute atomic E-state index is 0.0685. The second-order valence-corrected chi connectivity index (χ2v) is 3.47. The molecule has 0 aliphatic heterocycles. The Morgan fingerprint density at radius 3 is 2.09 bits per heavy atom. The van der Waals surface area contributed by atoms with Crippen LogP contribution in [-0.2, 0) is 4.79 Å². The van der Waals surface area contributed by atoms with Gasteiger partial charge in [-0.3, -0.25) is 4.79 Å². The fourth-order valence-electron chi connectivity index (χ4n) is 0.919. The Kier molecular flexibility index (Phi) is 4.34. The van der Waals surface area contributed by atoms with Gasteiger partial charge in [0.25, 0.3) is 0 Å². The van der Waals surface area contributed by atoms with Crippen LogP contribution in [0.2, 0.25) is 0 Å². The highest BCUT2D eigenvalue weighted by atomic mass is 16.1. The summed E-state index contributed by atoms with van der Waals surface area (Å²) >= 11 is 0. The van der Waals surface area contributed by atoms with E-state index in [0.717, 1.165) is 6.42 Å². The molecule has 0 amide bonds. The number of hydrogen-bond acceptors (Lipinski definition) is 2. The standard InChI is InChI=1S/C9H19NO/c1-5-7(4)8(10)9(11)6(2)3/h6-8H,5,10H2,1-4H3. The molecule has 0 aromatic rings. The van der Waals surface area contributed by atoms with E-state index in [-0.39, 0.29) is 17.7 Å². The molecule has 2 N–H and O–H groups in total. The van der Waals surface area contributed by atoms with Crippen LogP contribution < -0.4 is 5.73 Å². The average molecular weight is 157 g/mol. The highest BCUT2D eigenvalue weighted by Gasteiger charge is 2.21. The Morgan fingerprint density at radius 2 is 1.82 bits per heavy atom. The number of hydrogen-bond donors (Lipinski definition) is 1. The molecule has 0 aromatic carbocycles. The van der Waals surface area contributed by atoms with Gasteiger partial charge < -0.3 is 5.73 Å². The van der Waals surface area contributed by atoms with Gasteiger partial charge in [-0.1, -0.05) is 34.1 Å². The van der Waals surface area contributed by atoms with Crippen molar-refractivity contribution in [1.29, 1.82) is 0 Å². The molecule has 0 aliphatic carbocycles. The van der Waals surface area contributed by atoms with E-state index in [1.54, 1.807) is 0 Å². The summed E-state index contributed by atoms with van der Waals surface area (Å²) in [7, 11) is 0. The molecule has 2 nitrogen and oxygen atoms in total. The number of nitrogens with two attached hydrogens (primary N) is 1. The van der Waals surface area contributed by atoms with Crippen LogP contribution in [0, 0.1) is 11.8 Å². The maximum Gasteiger partial charge on any atom is 0.152 e. The number of rotatable bonds is 4. The Labute approximate surface area is 69.2 Å². The first-order chi connectivity index (χ1) is 5.00. The lowest BCUT2D eigenvalue weighted by Gasteiger charge is -2.18. The van der Waals surface area contributed by atoms with Crippen molar-refractivity contribution >= 4 is 5.78 Å². The second-order valence-electron chi connectivity index (χ2n) is 3.47. The monoisotopic (exact) mass is 157 g/mol. The van der Waals surface area contributed by atoms with Crippen molar-refractivity contribution in [2.75, 3.05) is 0 Å². The van der Waals surface area contributed by atoms with Crippen LogP contribution in [0.25, 0.3) is 0 Å². The summed E-state index contributed by atoms with van der Waals surface area (Å²) in [4.78, 5) is 11.3. The Balaban J connectivity index is 4.02. The highest BCUT2D eigenvalue weighted by Crippen LogP contribution is 2.10. The molecular formula is C9H19NO. The summed E-state index contributed by atoms with van der Waals surface area (Å²) in [6, 6.07) is -0.264. The second kappa shape index (κ2) is 4.50. The van der Waals surface area contributed by atoms with Crippen molar-refractivity contribution < 1.29 is 4.79 Å². The number of ketones is 1. The lowest BCUT2D eigenvalue weighted by Crippen LogP contribution is -2.39. The van der Waals surface area contributed by atoms with Crippen molar-refractivity contribution in [2.45, 2.75) is 40.2 Å². The fourth-order valence-corrected chi connectivity index (χ4v) is 0.919. The van der Waals surface area contributed by atoms with Gasteiger partial charge in [0.2, 0.25) is 0 Å². The van der Waals surface area contributed by atoms with Crippen LogP contribution in [0.15, 0.2) is 0 Å². The molecule has 0 aromatic heterocycles.